The van der Waals surface area contributed by atoms with Crippen LogP contribution in [0.5, 0.6) is 0 Å². The monoisotopic (exact) mass is 485 g/mol. The Morgan fingerprint density at radius 1 is 1.31 bits per heavy atom. The molecule has 0 bridgehead atoms. The molecule has 8 heteroatoms. The van der Waals surface area contributed by atoms with Crippen LogP contribution in [-0.4, -0.2) is 50.3 Å². The van der Waals surface area contributed by atoms with E-state index in [1.807, 2.05) is 12.1 Å². The molecular weight excluding hydrogens is 458 g/mol. The summed E-state index contributed by atoms with van der Waals surface area (Å²) in [5, 5.41) is 3.17. The molecule has 0 aromatic heterocycles. The number of aliphatic imine (C=N–C) groups is 1. The molecule has 148 valence electrons. The number of nitrogens with one attached hydrogen (secondary N) is 1. The second-order valence-electron chi connectivity index (χ2n) is 6.21. The van der Waals surface area contributed by atoms with Gasteiger partial charge in [0.05, 0.1) is 13.2 Å². The number of halogens is 4. The minimum absolute atomic E-state index is 0. The third-order valence-electron chi connectivity index (χ3n) is 4.28. The SMILES string of the molecule is CN=C(NCCCCC(F)(F)F)N1CCOC(c2ccccc2C)C1.I. The van der Waals surface area contributed by atoms with E-state index in [-0.39, 0.29) is 36.5 Å². The quantitative estimate of drug-likeness (QED) is 0.293. The molecule has 0 saturated carbocycles. The summed E-state index contributed by atoms with van der Waals surface area (Å²) in [6.07, 6.45) is -4.25. The zero-order chi connectivity index (χ0) is 18.3. The fraction of sp³-hybridized carbons (Fsp3) is 0.611. The van der Waals surface area contributed by atoms with Gasteiger partial charge in [-0.1, -0.05) is 24.3 Å². The first-order chi connectivity index (χ1) is 11.9. The average Bonchev–Trinajstić information content (AvgIpc) is 2.58. The zero-order valence-electron chi connectivity index (χ0n) is 15.2. The number of hydrogen-bond donors (Lipinski definition) is 1. The maximum absolute atomic E-state index is 12.2. The molecule has 1 fully saturated rings. The molecule has 0 amide bonds. The second kappa shape index (κ2) is 11.0. The molecule has 26 heavy (non-hydrogen) atoms. The minimum atomic E-state index is -4.08. The molecule has 2 rings (SSSR count). The van der Waals surface area contributed by atoms with Crippen LogP contribution in [0.1, 0.15) is 36.5 Å². The topological polar surface area (TPSA) is 36.9 Å². The van der Waals surface area contributed by atoms with Crippen LogP contribution in [0.15, 0.2) is 29.3 Å². The number of alkyl halides is 3. The molecule has 1 atom stereocenters. The molecule has 0 spiro atoms. The second-order valence-corrected chi connectivity index (χ2v) is 6.21. The van der Waals surface area contributed by atoms with E-state index in [2.05, 4.69) is 34.3 Å². The van der Waals surface area contributed by atoms with Crippen LogP contribution in [0, 0.1) is 6.92 Å². The molecule has 1 aromatic carbocycles. The molecule has 1 saturated heterocycles. The maximum atomic E-state index is 12.2. The molecule has 1 aliphatic heterocycles. The van der Waals surface area contributed by atoms with Crippen LogP contribution in [0.4, 0.5) is 13.2 Å². The lowest BCUT2D eigenvalue weighted by Crippen LogP contribution is -2.48. The fourth-order valence-corrected chi connectivity index (χ4v) is 2.96. The van der Waals surface area contributed by atoms with Crippen LogP contribution in [0.3, 0.4) is 0 Å². The van der Waals surface area contributed by atoms with Crippen LogP contribution in [-0.2, 0) is 4.74 Å². The lowest BCUT2D eigenvalue weighted by atomic mass is 10.0. The molecule has 1 unspecified atom stereocenters. The molecule has 1 aliphatic rings. The third kappa shape index (κ3) is 7.30. The highest BCUT2D eigenvalue weighted by atomic mass is 127. The Bertz CT molecular complexity index is 581. The summed E-state index contributed by atoms with van der Waals surface area (Å²) in [5.74, 6) is 0.717. The number of guanidine groups is 1. The van der Waals surface area contributed by atoms with Crippen molar-refractivity contribution in [1.29, 1.82) is 0 Å². The van der Waals surface area contributed by atoms with Gasteiger partial charge in [0.1, 0.15) is 6.10 Å². The van der Waals surface area contributed by atoms with E-state index in [0.29, 0.717) is 38.6 Å². The van der Waals surface area contributed by atoms with Gasteiger partial charge in [0.25, 0.3) is 0 Å². The Kier molecular flexibility index (Phi) is 9.70. The van der Waals surface area contributed by atoms with Gasteiger partial charge in [-0.15, -0.1) is 24.0 Å². The van der Waals surface area contributed by atoms with E-state index >= 15 is 0 Å². The van der Waals surface area contributed by atoms with Gasteiger partial charge in [-0.3, -0.25) is 4.99 Å². The van der Waals surface area contributed by atoms with E-state index in [4.69, 9.17) is 4.74 Å². The number of benzene rings is 1. The number of unbranched alkanes of at least 4 members (excludes halogenated alkanes) is 1. The Hall–Kier alpha value is -1.03. The van der Waals surface area contributed by atoms with Crippen molar-refractivity contribution in [3.8, 4) is 0 Å². The van der Waals surface area contributed by atoms with E-state index in [1.54, 1.807) is 7.05 Å². The van der Waals surface area contributed by atoms with Crippen LogP contribution in [0.2, 0.25) is 0 Å². The van der Waals surface area contributed by atoms with Crippen molar-refractivity contribution in [3.05, 3.63) is 35.4 Å². The van der Waals surface area contributed by atoms with E-state index in [0.717, 1.165) is 5.56 Å². The predicted octanol–water partition coefficient (Wildman–Crippen LogP) is 4.29. The molecular formula is C18H27F3IN3O. The molecule has 1 N–H and O–H groups in total. The summed E-state index contributed by atoms with van der Waals surface area (Å²) in [5.41, 5.74) is 2.34. The fourth-order valence-electron chi connectivity index (χ4n) is 2.96. The van der Waals surface area contributed by atoms with Gasteiger partial charge in [-0.25, -0.2) is 0 Å². The summed E-state index contributed by atoms with van der Waals surface area (Å²) in [6, 6.07) is 8.13. The lowest BCUT2D eigenvalue weighted by molar-refractivity contribution is -0.135. The number of morpholine rings is 1. The van der Waals surface area contributed by atoms with Crippen LogP contribution in [0.25, 0.3) is 0 Å². The molecule has 4 nitrogen and oxygen atoms in total. The summed E-state index contributed by atoms with van der Waals surface area (Å²) < 4.78 is 42.4. The van der Waals surface area contributed by atoms with Gasteiger partial charge in [-0.05, 0) is 30.9 Å². The average molecular weight is 485 g/mol. The van der Waals surface area contributed by atoms with Crippen LogP contribution >= 0.6 is 24.0 Å². The number of hydrogen-bond acceptors (Lipinski definition) is 2. The van der Waals surface area contributed by atoms with Crippen LogP contribution < -0.4 is 5.32 Å². The largest absolute Gasteiger partial charge is 0.389 e. The smallest absolute Gasteiger partial charge is 0.370 e. The van der Waals surface area contributed by atoms with Gasteiger partial charge >= 0.3 is 6.18 Å². The number of aryl methyl sites for hydroxylation is 1. The summed E-state index contributed by atoms with van der Waals surface area (Å²) in [6.45, 7) is 4.52. The van der Waals surface area contributed by atoms with Crippen molar-refractivity contribution in [2.24, 2.45) is 4.99 Å². The summed E-state index contributed by atoms with van der Waals surface area (Å²) in [7, 11) is 1.69. The maximum Gasteiger partial charge on any atom is 0.389 e. The summed E-state index contributed by atoms with van der Waals surface area (Å²) in [4.78, 5) is 6.36. The zero-order valence-corrected chi connectivity index (χ0v) is 17.5. The highest BCUT2D eigenvalue weighted by molar-refractivity contribution is 14.0. The Balaban J connectivity index is 0.00000338. The van der Waals surface area contributed by atoms with E-state index < -0.39 is 12.6 Å². The first-order valence-corrected chi connectivity index (χ1v) is 8.60. The normalized spacial score (nSPS) is 18.4. The molecule has 1 heterocycles. The molecule has 0 aliphatic carbocycles. The van der Waals surface area contributed by atoms with Crippen molar-refractivity contribution in [2.75, 3.05) is 33.3 Å². The van der Waals surface area contributed by atoms with Crippen molar-refractivity contribution in [1.82, 2.24) is 10.2 Å². The van der Waals surface area contributed by atoms with Gasteiger partial charge in [-0.2, -0.15) is 13.2 Å². The van der Waals surface area contributed by atoms with Crippen molar-refractivity contribution < 1.29 is 17.9 Å². The van der Waals surface area contributed by atoms with Gasteiger partial charge in [0.15, 0.2) is 5.96 Å². The van der Waals surface area contributed by atoms with Gasteiger partial charge in [0, 0.05) is 26.6 Å². The van der Waals surface area contributed by atoms with Gasteiger partial charge < -0.3 is 15.0 Å². The van der Waals surface area contributed by atoms with E-state index in [1.165, 1.54) is 5.56 Å². The van der Waals surface area contributed by atoms with E-state index in [9.17, 15) is 13.2 Å². The number of nitrogens with zero attached hydrogens (tertiary/aromatic N) is 2. The first kappa shape index (κ1) is 23.0. The first-order valence-electron chi connectivity index (χ1n) is 8.60. The van der Waals surface area contributed by atoms with Crippen molar-refractivity contribution >= 4 is 29.9 Å². The molecule has 1 aromatic rings. The lowest BCUT2D eigenvalue weighted by Gasteiger charge is -2.35. The number of ether oxygens (including phenoxy) is 1. The highest BCUT2D eigenvalue weighted by Crippen LogP contribution is 2.25. The Morgan fingerprint density at radius 2 is 2.04 bits per heavy atom. The number of rotatable bonds is 5. The minimum Gasteiger partial charge on any atom is -0.370 e. The van der Waals surface area contributed by atoms with Gasteiger partial charge in [0.2, 0.25) is 0 Å². The summed E-state index contributed by atoms with van der Waals surface area (Å²) >= 11 is 0. The standard InChI is InChI=1S/C18H26F3N3O.HI/c1-14-7-3-4-8-15(14)16-13-24(11-12-25-16)17(22-2)23-10-6-5-9-18(19,20)21;/h3-4,7-8,16H,5-6,9-13H2,1-2H3,(H,22,23);1H. The Morgan fingerprint density at radius 3 is 2.69 bits per heavy atom. The van der Waals surface area contributed by atoms with Crippen molar-refractivity contribution in [2.45, 2.75) is 38.5 Å². The van der Waals surface area contributed by atoms with Crippen molar-refractivity contribution in [3.63, 3.8) is 0 Å². The highest BCUT2D eigenvalue weighted by Gasteiger charge is 2.26. The Labute approximate surface area is 170 Å². The molecule has 0 radical (unpaired) electrons. The third-order valence-corrected chi connectivity index (χ3v) is 4.28. The predicted molar refractivity (Wildman–Crippen MR) is 108 cm³/mol.